The summed E-state index contributed by atoms with van der Waals surface area (Å²) in [7, 11) is -3.67. The van der Waals surface area contributed by atoms with E-state index in [0.717, 1.165) is 17.5 Å². The Bertz CT molecular complexity index is 1080. The number of benzene rings is 3. The van der Waals surface area contributed by atoms with Gasteiger partial charge in [-0.3, -0.25) is 0 Å². The fourth-order valence-electron chi connectivity index (χ4n) is 3.15. The SMILES string of the molecule is Cc1ccc(S(=O)(=O)N=Cc2ccc3c(c2)Cc2ccccc2-3)cc1. The molecule has 0 unspecified atom stereocenters. The van der Waals surface area contributed by atoms with Crippen LogP contribution in [0.15, 0.2) is 76.0 Å². The Balaban J connectivity index is 1.63. The molecule has 4 rings (SSSR count). The maximum absolute atomic E-state index is 12.3. The van der Waals surface area contributed by atoms with Crippen LogP contribution in [0, 0.1) is 6.92 Å². The third-order valence-corrected chi connectivity index (χ3v) is 5.73. The molecule has 0 atom stereocenters. The van der Waals surface area contributed by atoms with Crippen molar-refractivity contribution in [3.63, 3.8) is 0 Å². The van der Waals surface area contributed by atoms with Crippen molar-refractivity contribution in [3.05, 3.63) is 89.0 Å². The molecule has 0 heterocycles. The fraction of sp³-hybridized carbons (Fsp3) is 0.0952. The van der Waals surface area contributed by atoms with E-state index in [0.29, 0.717) is 0 Å². The van der Waals surface area contributed by atoms with Crippen LogP contribution in [0.2, 0.25) is 0 Å². The first-order valence-corrected chi connectivity index (χ1v) is 9.55. The normalized spacial score (nSPS) is 13.0. The first kappa shape index (κ1) is 15.8. The Morgan fingerprint density at radius 2 is 1.60 bits per heavy atom. The molecule has 0 fully saturated rings. The van der Waals surface area contributed by atoms with Gasteiger partial charge in [0.05, 0.1) is 4.90 Å². The molecule has 3 aromatic carbocycles. The maximum atomic E-state index is 12.3. The Kier molecular flexibility index (Phi) is 3.77. The van der Waals surface area contributed by atoms with Crippen LogP contribution in [-0.4, -0.2) is 14.6 Å². The van der Waals surface area contributed by atoms with Gasteiger partial charge >= 0.3 is 0 Å². The van der Waals surface area contributed by atoms with Gasteiger partial charge < -0.3 is 0 Å². The molecule has 1 aliphatic rings. The van der Waals surface area contributed by atoms with Crippen LogP contribution in [0.3, 0.4) is 0 Å². The van der Waals surface area contributed by atoms with E-state index in [2.05, 4.69) is 16.5 Å². The Labute approximate surface area is 147 Å². The van der Waals surface area contributed by atoms with Crippen LogP contribution < -0.4 is 0 Å². The van der Waals surface area contributed by atoms with Gasteiger partial charge in [0.1, 0.15) is 0 Å². The standard InChI is InChI=1S/C21H17NO2S/c1-15-6-9-19(10-7-15)25(23,24)22-14-16-8-11-21-18(12-16)13-17-4-2-3-5-20(17)21/h2-12,14H,13H2,1H3. The van der Waals surface area contributed by atoms with Crippen LogP contribution in [-0.2, 0) is 16.4 Å². The van der Waals surface area contributed by atoms with E-state index in [1.54, 1.807) is 24.3 Å². The molecule has 3 nitrogen and oxygen atoms in total. The largest absolute Gasteiger partial charge is 0.282 e. The van der Waals surface area contributed by atoms with Gasteiger partial charge in [-0.15, -0.1) is 0 Å². The molecule has 4 heteroatoms. The monoisotopic (exact) mass is 347 g/mol. The predicted octanol–water partition coefficient (Wildman–Crippen LogP) is 4.37. The molecule has 0 saturated heterocycles. The zero-order chi connectivity index (χ0) is 17.4. The Hall–Kier alpha value is -2.72. The lowest BCUT2D eigenvalue weighted by Gasteiger charge is -2.02. The van der Waals surface area contributed by atoms with E-state index in [1.165, 1.54) is 28.5 Å². The highest BCUT2D eigenvalue weighted by Crippen LogP contribution is 2.36. The van der Waals surface area contributed by atoms with Crippen LogP contribution in [0.5, 0.6) is 0 Å². The first-order chi connectivity index (χ1) is 12.0. The summed E-state index contributed by atoms with van der Waals surface area (Å²) in [5.41, 5.74) is 6.79. The van der Waals surface area contributed by atoms with E-state index in [9.17, 15) is 8.42 Å². The van der Waals surface area contributed by atoms with E-state index in [4.69, 9.17) is 0 Å². The summed E-state index contributed by atoms with van der Waals surface area (Å²) in [5, 5.41) is 0. The van der Waals surface area contributed by atoms with Crippen molar-refractivity contribution in [1.29, 1.82) is 0 Å². The van der Waals surface area contributed by atoms with Gasteiger partial charge in [0.15, 0.2) is 0 Å². The van der Waals surface area contributed by atoms with Gasteiger partial charge in [-0.1, -0.05) is 54.1 Å². The minimum Gasteiger partial charge on any atom is -0.199 e. The molecule has 0 aromatic heterocycles. The molecule has 1 aliphatic carbocycles. The highest BCUT2D eigenvalue weighted by molar-refractivity contribution is 7.90. The number of sulfonamides is 1. The molecule has 0 N–H and O–H groups in total. The fourth-order valence-corrected chi connectivity index (χ4v) is 4.01. The lowest BCUT2D eigenvalue weighted by molar-refractivity contribution is 0.598. The van der Waals surface area contributed by atoms with Gasteiger partial charge in [-0.25, -0.2) is 0 Å². The number of hydrogen-bond donors (Lipinski definition) is 0. The summed E-state index contributed by atoms with van der Waals surface area (Å²) in [4.78, 5) is 0.211. The topological polar surface area (TPSA) is 46.5 Å². The second kappa shape index (κ2) is 5.97. The molecule has 0 spiro atoms. The minimum atomic E-state index is -3.67. The highest BCUT2D eigenvalue weighted by atomic mass is 32.2. The number of aryl methyl sites for hydroxylation is 1. The average molecular weight is 347 g/mol. The Morgan fingerprint density at radius 1 is 0.880 bits per heavy atom. The van der Waals surface area contributed by atoms with Gasteiger partial charge in [0, 0.05) is 6.21 Å². The molecule has 0 amide bonds. The van der Waals surface area contributed by atoms with Crippen LogP contribution >= 0.6 is 0 Å². The molecular formula is C21H17NO2S. The summed E-state index contributed by atoms with van der Waals surface area (Å²) >= 11 is 0. The predicted molar refractivity (Wildman–Crippen MR) is 101 cm³/mol. The van der Waals surface area contributed by atoms with Gasteiger partial charge in [0.2, 0.25) is 0 Å². The lowest BCUT2D eigenvalue weighted by atomic mass is 10.0. The second-order valence-electron chi connectivity index (χ2n) is 6.27. The van der Waals surface area contributed by atoms with Gasteiger partial charge in [-0.05, 0) is 59.4 Å². The zero-order valence-corrected chi connectivity index (χ0v) is 14.6. The van der Waals surface area contributed by atoms with Crippen molar-refractivity contribution in [2.75, 3.05) is 0 Å². The number of fused-ring (bicyclic) bond motifs is 3. The quantitative estimate of drug-likeness (QED) is 0.517. The Morgan fingerprint density at radius 3 is 2.40 bits per heavy atom. The number of nitrogens with zero attached hydrogens (tertiary/aromatic N) is 1. The third kappa shape index (κ3) is 3.01. The first-order valence-electron chi connectivity index (χ1n) is 8.11. The van der Waals surface area contributed by atoms with E-state index in [-0.39, 0.29) is 4.90 Å². The molecule has 0 radical (unpaired) electrons. The molecule has 25 heavy (non-hydrogen) atoms. The van der Waals surface area contributed by atoms with Gasteiger partial charge in [0.25, 0.3) is 10.0 Å². The third-order valence-electron chi connectivity index (χ3n) is 4.48. The van der Waals surface area contributed by atoms with Crippen molar-refractivity contribution in [2.45, 2.75) is 18.2 Å². The van der Waals surface area contributed by atoms with Crippen LogP contribution in [0.25, 0.3) is 11.1 Å². The lowest BCUT2D eigenvalue weighted by Crippen LogP contribution is -1.98. The minimum absolute atomic E-state index is 0.211. The molecule has 0 bridgehead atoms. The van der Waals surface area contributed by atoms with Crippen molar-refractivity contribution in [1.82, 2.24) is 0 Å². The van der Waals surface area contributed by atoms with E-state index in [1.807, 2.05) is 37.3 Å². The van der Waals surface area contributed by atoms with Gasteiger partial charge in [-0.2, -0.15) is 12.8 Å². The number of rotatable bonds is 3. The molecular weight excluding hydrogens is 330 g/mol. The van der Waals surface area contributed by atoms with Crippen molar-refractivity contribution < 1.29 is 8.42 Å². The number of hydrogen-bond acceptors (Lipinski definition) is 2. The highest BCUT2D eigenvalue weighted by Gasteiger charge is 2.17. The van der Waals surface area contributed by atoms with E-state index < -0.39 is 10.0 Å². The summed E-state index contributed by atoms with van der Waals surface area (Å²) in [6.45, 7) is 1.92. The zero-order valence-electron chi connectivity index (χ0n) is 13.8. The van der Waals surface area contributed by atoms with Crippen molar-refractivity contribution in [2.24, 2.45) is 4.40 Å². The van der Waals surface area contributed by atoms with Crippen molar-refractivity contribution >= 4 is 16.2 Å². The average Bonchev–Trinajstić information content (AvgIpc) is 2.98. The summed E-state index contributed by atoms with van der Waals surface area (Å²) in [6.07, 6.45) is 2.30. The van der Waals surface area contributed by atoms with E-state index >= 15 is 0 Å². The smallest absolute Gasteiger partial charge is 0.199 e. The molecule has 0 aliphatic heterocycles. The maximum Gasteiger partial charge on any atom is 0.282 e. The summed E-state index contributed by atoms with van der Waals surface area (Å²) in [5.74, 6) is 0. The van der Waals surface area contributed by atoms with Crippen molar-refractivity contribution in [3.8, 4) is 11.1 Å². The summed E-state index contributed by atoms with van der Waals surface area (Å²) in [6, 6.07) is 21.0. The van der Waals surface area contributed by atoms with Crippen LogP contribution in [0.1, 0.15) is 22.3 Å². The molecule has 124 valence electrons. The molecule has 3 aromatic rings. The molecule has 0 saturated carbocycles. The second-order valence-corrected chi connectivity index (χ2v) is 7.91. The summed E-state index contributed by atoms with van der Waals surface area (Å²) < 4.78 is 28.5. The van der Waals surface area contributed by atoms with Crippen LogP contribution in [0.4, 0.5) is 0 Å².